The summed E-state index contributed by atoms with van der Waals surface area (Å²) in [4.78, 5) is 14.4. The number of amides is 1. The van der Waals surface area contributed by atoms with Crippen LogP contribution in [0.25, 0.3) is 0 Å². The number of carbonyl (C=O) groups is 1. The number of benzene rings is 1. The fourth-order valence-electron chi connectivity index (χ4n) is 2.37. The maximum absolute atomic E-state index is 12.1. The maximum Gasteiger partial charge on any atom is 0.227 e. The van der Waals surface area contributed by atoms with Gasteiger partial charge in [0, 0.05) is 24.7 Å². The number of hydrogen-bond acceptors (Lipinski definition) is 3. The average Bonchev–Trinajstić information content (AvgIpc) is 2.41. The lowest BCUT2D eigenvalue weighted by Gasteiger charge is -2.30. The van der Waals surface area contributed by atoms with E-state index in [4.69, 9.17) is 5.73 Å². The first-order chi connectivity index (χ1) is 8.79. The van der Waals surface area contributed by atoms with Crippen LogP contribution in [0.15, 0.2) is 30.3 Å². The Morgan fingerprint density at radius 3 is 2.56 bits per heavy atom. The van der Waals surface area contributed by atoms with Gasteiger partial charge in [0.05, 0.1) is 0 Å². The number of nitrogens with one attached hydrogen (secondary N) is 1. The van der Waals surface area contributed by atoms with Crippen molar-refractivity contribution in [2.45, 2.75) is 12.8 Å². The number of nitrogens with two attached hydrogens (primary N) is 1. The Balaban J connectivity index is 1.81. The largest absolute Gasteiger partial charge is 0.329 e. The van der Waals surface area contributed by atoms with Crippen LogP contribution in [0.5, 0.6) is 0 Å². The second kappa shape index (κ2) is 6.52. The zero-order valence-corrected chi connectivity index (χ0v) is 10.6. The number of rotatable bonds is 4. The molecule has 1 fully saturated rings. The molecule has 0 aliphatic carbocycles. The van der Waals surface area contributed by atoms with Gasteiger partial charge in [-0.3, -0.25) is 4.79 Å². The molecule has 0 radical (unpaired) electrons. The predicted molar refractivity (Wildman–Crippen MR) is 73.3 cm³/mol. The quantitative estimate of drug-likeness (QED) is 0.843. The van der Waals surface area contributed by atoms with Crippen LogP contribution in [0.4, 0.5) is 5.69 Å². The molecule has 0 aromatic heterocycles. The molecular weight excluding hydrogens is 226 g/mol. The number of anilines is 1. The first kappa shape index (κ1) is 13.1. The van der Waals surface area contributed by atoms with Crippen molar-refractivity contribution in [1.82, 2.24) is 4.90 Å². The van der Waals surface area contributed by atoms with Crippen LogP contribution in [0.3, 0.4) is 0 Å². The van der Waals surface area contributed by atoms with Gasteiger partial charge in [-0.15, -0.1) is 0 Å². The van der Waals surface area contributed by atoms with Crippen LogP contribution in [0.1, 0.15) is 12.8 Å². The third kappa shape index (κ3) is 3.55. The van der Waals surface area contributed by atoms with E-state index in [0.29, 0.717) is 6.54 Å². The van der Waals surface area contributed by atoms with E-state index in [1.807, 2.05) is 30.3 Å². The highest BCUT2D eigenvalue weighted by Gasteiger charge is 2.24. The Morgan fingerprint density at radius 2 is 1.94 bits per heavy atom. The Kier molecular flexibility index (Phi) is 4.73. The van der Waals surface area contributed by atoms with Crippen molar-refractivity contribution >= 4 is 11.6 Å². The summed E-state index contributed by atoms with van der Waals surface area (Å²) in [5, 5.41) is 2.98. The first-order valence-electron chi connectivity index (χ1n) is 6.58. The minimum atomic E-state index is 0.138. The molecule has 98 valence electrons. The van der Waals surface area contributed by atoms with Crippen molar-refractivity contribution in [3.05, 3.63) is 30.3 Å². The van der Waals surface area contributed by atoms with E-state index in [0.717, 1.165) is 38.2 Å². The zero-order chi connectivity index (χ0) is 12.8. The molecule has 1 amide bonds. The molecule has 1 aliphatic rings. The normalized spacial score (nSPS) is 17.6. The summed E-state index contributed by atoms with van der Waals surface area (Å²) >= 11 is 0. The van der Waals surface area contributed by atoms with Gasteiger partial charge in [-0.05, 0) is 38.1 Å². The molecule has 0 saturated carbocycles. The van der Waals surface area contributed by atoms with E-state index in [2.05, 4.69) is 10.2 Å². The maximum atomic E-state index is 12.1. The molecule has 0 atom stereocenters. The highest BCUT2D eigenvalue weighted by atomic mass is 16.1. The summed E-state index contributed by atoms with van der Waals surface area (Å²) in [7, 11) is 0. The molecule has 3 N–H and O–H groups in total. The second-order valence-electron chi connectivity index (χ2n) is 4.76. The molecule has 0 bridgehead atoms. The van der Waals surface area contributed by atoms with E-state index < -0.39 is 0 Å². The minimum Gasteiger partial charge on any atom is -0.329 e. The lowest BCUT2D eigenvalue weighted by molar-refractivity contribution is -0.121. The number of hydrogen-bond donors (Lipinski definition) is 2. The summed E-state index contributed by atoms with van der Waals surface area (Å²) in [6, 6.07) is 9.64. The molecule has 1 saturated heterocycles. The predicted octanol–water partition coefficient (Wildman–Crippen LogP) is 1.30. The molecule has 0 spiro atoms. The zero-order valence-electron chi connectivity index (χ0n) is 10.6. The highest BCUT2D eigenvalue weighted by Crippen LogP contribution is 2.19. The molecule has 18 heavy (non-hydrogen) atoms. The number of likely N-dealkylation sites (tertiary alicyclic amines) is 1. The van der Waals surface area contributed by atoms with Gasteiger partial charge in [-0.2, -0.15) is 0 Å². The third-order valence-electron chi connectivity index (χ3n) is 3.45. The number of carbonyl (C=O) groups excluding carboxylic acids is 1. The van der Waals surface area contributed by atoms with Gasteiger partial charge in [0.15, 0.2) is 0 Å². The van der Waals surface area contributed by atoms with Crippen LogP contribution < -0.4 is 11.1 Å². The van der Waals surface area contributed by atoms with Gasteiger partial charge in [-0.1, -0.05) is 18.2 Å². The molecule has 1 aliphatic heterocycles. The van der Waals surface area contributed by atoms with Gasteiger partial charge in [0.25, 0.3) is 0 Å². The minimum absolute atomic E-state index is 0.138. The number of nitrogens with zero attached hydrogens (tertiary/aromatic N) is 1. The SMILES string of the molecule is NCCN1CCC(C(=O)Nc2ccccc2)CC1. The Morgan fingerprint density at radius 1 is 1.28 bits per heavy atom. The van der Waals surface area contributed by atoms with Gasteiger partial charge in [0.1, 0.15) is 0 Å². The van der Waals surface area contributed by atoms with Crippen LogP contribution in [-0.4, -0.2) is 37.0 Å². The van der Waals surface area contributed by atoms with Gasteiger partial charge < -0.3 is 16.0 Å². The molecule has 2 rings (SSSR count). The van der Waals surface area contributed by atoms with E-state index in [1.165, 1.54) is 0 Å². The van der Waals surface area contributed by atoms with Crippen molar-refractivity contribution in [3.8, 4) is 0 Å². The molecule has 4 heteroatoms. The highest BCUT2D eigenvalue weighted by molar-refractivity contribution is 5.92. The monoisotopic (exact) mass is 247 g/mol. The summed E-state index contributed by atoms with van der Waals surface area (Å²) in [6.45, 7) is 3.59. The van der Waals surface area contributed by atoms with E-state index >= 15 is 0 Å². The first-order valence-corrected chi connectivity index (χ1v) is 6.58. The Bertz CT molecular complexity index is 372. The molecule has 1 heterocycles. The van der Waals surface area contributed by atoms with Crippen molar-refractivity contribution < 1.29 is 4.79 Å². The molecule has 1 aromatic carbocycles. The van der Waals surface area contributed by atoms with Crippen molar-refractivity contribution in [3.63, 3.8) is 0 Å². The standard InChI is InChI=1S/C14H21N3O/c15-8-11-17-9-6-12(7-10-17)14(18)16-13-4-2-1-3-5-13/h1-5,12H,6-11,15H2,(H,16,18). The van der Waals surface area contributed by atoms with Gasteiger partial charge in [0.2, 0.25) is 5.91 Å². The third-order valence-corrected chi connectivity index (χ3v) is 3.45. The second-order valence-corrected chi connectivity index (χ2v) is 4.76. The Hall–Kier alpha value is -1.39. The van der Waals surface area contributed by atoms with E-state index in [1.54, 1.807) is 0 Å². The van der Waals surface area contributed by atoms with Crippen LogP contribution in [0.2, 0.25) is 0 Å². The van der Waals surface area contributed by atoms with Crippen LogP contribution in [-0.2, 0) is 4.79 Å². The topological polar surface area (TPSA) is 58.4 Å². The van der Waals surface area contributed by atoms with Crippen molar-refractivity contribution in [1.29, 1.82) is 0 Å². The Labute approximate surface area is 108 Å². The number of para-hydroxylation sites is 1. The van der Waals surface area contributed by atoms with Crippen LogP contribution >= 0.6 is 0 Å². The smallest absolute Gasteiger partial charge is 0.227 e. The average molecular weight is 247 g/mol. The van der Waals surface area contributed by atoms with E-state index in [-0.39, 0.29) is 11.8 Å². The lowest BCUT2D eigenvalue weighted by Crippen LogP contribution is -2.40. The van der Waals surface area contributed by atoms with Crippen LogP contribution in [0, 0.1) is 5.92 Å². The lowest BCUT2D eigenvalue weighted by atomic mass is 9.96. The molecule has 1 aromatic rings. The van der Waals surface area contributed by atoms with E-state index in [9.17, 15) is 4.79 Å². The molecule has 0 unspecified atom stereocenters. The molecule has 4 nitrogen and oxygen atoms in total. The van der Waals surface area contributed by atoms with Crippen molar-refractivity contribution in [2.24, 2.45) is 11.7 Å². The summed E-state index contributed by atoms with van der Waals surface area (Å²) in [6.07, 6.45) is 1.86. The van der Waals surface area contributed by atoms with Crippen molar-refractivity contribution in [2.75, 3.05) is 31.5 Å². The molecular formula is C14H21N3O. The number of piperidine rings is 1. The van der Waals surface area contributed by atoms with Gasteiger partial charge >= 0.3 is 0 Å². The fourth-order valence-corrected chi connectivity index (χ4v) is 2.37. The summed E-state index contributed by atoms with van der Waals surface area (Å²) < 4.78 is 0. The summed E-state index contributed by atoms with van der Waals surface area (Å²) in [5.41, 5.74) is 6.42. The fraction of sp³-hybridized carbons (Fsp3) is 0.500. The van der Waals surface area contributed by atoms with Gasteiger partial charge in [-0.25, -0.2) is 0 Å². The summed E-state index contributed by atoms with van der Waals surface area (Å²) in [5.74, 6) is 0.285.